The van der Waals surface area contributed by atoms with Crippen molar-refractivity contribution in [3.63, 3.8) is 0 Å². The average Bonchev–Trinajstić information content (AvgIpc) is 2.63. The van der Waals surface area contributed by atoms with Gasteiger partial charge < -0.3 is 15.0 Å². The van der Waals surface area contributed by atoms with Gasteiger partial charge >= 0.3 is 0 Å². The van der Waals surface area contributed by atoms with Gasteiger partial charge in [-0.25, -0.2) is 0 Å². The number of para-hydroxylation sites is 1. The van der Waals surface area contributed by atoms with E-state index < -0.39 is 0 Å². The Kier molecular flexibility index (Phi) is 7.30. The molecule has 0 aliphatic carbocycles. The Balaban J connectivity index is 1.84. The SMILES string of the molecule is COc1ccc(CCC(=O)N(C)CC(=O)Nc2c(Cl)cccc2Cl)cc1. The zero-order valence-corrected chi connectivity index (χ0v) is 16.1. The monoisotopic (exact) mass is 394 g/mol. The number of amides is 2. The van der Waals surface area contributed by atoms with Crippen molar-refractivity contribution in [1.29, 1.82) is 0 Å². The van der Waals surface area contributed by atoms with Gasteiger partial charge in [-0.2, -0.15) is 0 Å². The number of halogens is 2. The van der Waals surface area contributed by atoms with Crippen molar-refractivity contribution < 1.29 is 14.3 Å². The van der Waals surface area contributed by atoms with Gasteiger partial charge in [-0.05, 0) is 36.2 Å². The van der Waals surface area contributed by atoms with Crippen LogP contribution in [0.5, 0.6) is 5.75 Å². The fourth-order valence-electron chi connectivity index (χ4n) is 2.33. The third-order valence-electron chi connectivity index (χ3n) is 3.82. The Hall–Kier alpha value is -2.24. The van der Waals surface area contributed by atoms with Crippen LogP contribution in [0, 0.1) is 0 Å². The molecule has 1 N–H and O–H groups in total. The van der Waals surface area contributed by atoms with Crippen molar-refractivity contribution in [1.82, 2.24) is 4.90 Å². The van der Waals surface area contributed by atoms with Gasteiger partial charge in [-0.3, -0.25) is 9.59 Å². The second-order valence-corrected chi connectivity index (χ2v) is 6.56. The second kappa shape index (κ2) is 9.46. The van der Waals surface area contributed by atoms with Gasteiger partial charge in [0.25, 0.3) is 0 Å². The Morgan fingerprint density at radius 3 is 2.27 bits per heavy atom. The number of nitrogens with one attached hydrogen (secondary N) is 1. The van der Waals surface area contributed by atoms with Crippen molar-refractivity contribution in [2.24, 2.45) is 0 Å². The minimum Gasteiger partial charge on any atom is -0.497 e. The van der Waals surface area contributed by atoms with Gasteiger partial charge in [0.05, 0.1) is 29.4 Å². The van der Waals surface area contributed by atoms with E-state index >= 15 is 0 Å². The molecule has 0 aliphatic heterocycles. The fraction of sp³-hybridized carbons (Fsp3) is 0.263. The normalized spacial score (nSPS) is 10.3. The van der Waals surface area contributed by atoms with Crippen LogP contribution in [0.15, 0.2) is 42.5 Å². The quantitative estimate of drug-likeness (QED) is 0.770. The smallest absolute Gasteiger partial charge is 0.244 e. The molecule has 0 aromatic heterocycles. The van der Waals surface area contributed by atoms with E-state index in [4.69, 9.17) is 27.9 Å². The summed E-state index contributed by atoms with van der Waals surface area (Å²) in [4.78, 5) is 25.7. The van der Waals surface area contributed by atoms with Crippen LogP contribution in [0.25, 0.3) is 0 Å². The first-order chi connectivity index (χ1) is 12.4. The number of aryl methyl sites for hydroxylation is 1. The third kappa shape index (κ3) is 5.64. The molecule has 2 aromatic carbocycles. The van der Waals surface area contributed by atoms with Crippen LogP contribution in [0.4, 0.5) is 5.69 Å². The Labute approximate surface area is 162 Å². The van der Waals surface area contributed by atoms with Crippen molar-refractivity contribution >= 4 is 40.7 Å². The topological polar surface area (TPSA) is 58.6 Å². The third-order valence-corrected chi connectivity index (χ3v) is 4.45. The van der Waals surface area contributed by atoms with E-state index in [1.54, 1.807) is 32.4 Å². The molecule has 0 fully saturated rings. The molecule has 0 atom stereocenters. The molecule has 2 amide bonds. The highest BCUT2D eigenvalue weighted by Crippen LogP contribution is 2.29. The number of ether oxygens (including phenoxy) is 1. The van der Waals surface area contributed by atoms with Gasteiger partial charge in [-0.1, -0.05) is 41.4 Å². The van der Waals surface area contributed by atoms with Crippen LogP contribution in [0.1, 0.15) is 12.0 Å². The molecule has 7 heteroatoms. The van der Waals surface area contributed by atoms with Gasteiger partial charge in [0.2, 0.25) is 11.8 Å². The first kappa shape index (κ1) is 20.1. The summed E-state index contributed by atoms with van der Waals surface area (Å²) in [6, 6.07) is 12.5. The van der Waals surface area contributed by atoms with E-state index in [1.807, 2.05) is 24.3 Å². The van der Waals surface area contributed by atoms with Gasteiger partial charge in [0, 0.05) is 13.5 Å². The maximum atomic E-state index is 12.2. The zero-order valence-electron chi connectivity index (χ0n) is 14.6. The van der Waals surface area contributed by atoms with Crippen molar-refractivity contribution in [3.05, 3.63) is 58.1 Å². The Bertz CT molecular complexity index is 759. The summed E-state index contributed by atoms with van der Waals surface area (Å²) >= 11 is 12.0. The number of benzene rings is 2. The number of likely N-dealkylation sites (N-methyl/N-ethyl adjacent to an activating group) is 1. The summed E-state index contributed by atoms with van der Waals surface area (Å²) in [7, 11) is 3.19. The Morgan fingerprint density at radius 2 is 1.69 bits per heavy atom. The van der Waals surface area contributed by atoms with Crippen LogP contribution in [-0.2, 0) is 16.0 Å². The van der Waals surface area contributed by atoms with Crippen LogP contribution < -0.4 is 10.1 Å². The highest BCUT2D eigenvalue weighted by Gasteiger charge is 2.15. The molecule has 0 saturated heterocycles. The molecule has 26 heavy (non-hydrogen) atoms. The molecule has 5 nitrogen and oxygen atoms in total. The highest BCUT2D eigenvalue weighted by molar-refractivity contribution is 6.39. The largest absolute Gasteiger partial charge is 0.497 e. The lowest BCUT2D eigenvalue weighted by molar-refractivity contribution is -0.133. The molecule has 0 aliphatic rings. The first-order valence-corrected chi connectivity index (χ1v) is 8.77. The molecule has 0 spiro atoms. The zero-order chi connectivity index (χ0) is 19.1. The van der Waals surface area contributed by atoms with Crippen molar-refractivity contribution in [2.45, 2.75) is 12.8 Å². The number of hydrogen-bond donors (Lipinski definition) is 1. The second-order valence-electron chi connectivity index (χ2n) is 5.74. The van der Waals surface area contributed by atoms with E-state index in [0.717, 1.165) is 11.3 Å². The molecule has 0 saturated carbocycles. The number of anilines is 1. The lowest BCUT2D eigenvalue weighted by Gasteiger charge is -2.17. The maximum absolute atomic E-state index is 12.2. The summed E-state index contributed by atoms with van der Waals surface area (Å²) in [5.74, 6) is 0.286. The molecule has 0 heterocycles. The number of carbonyl (C=O) groups is 2. The number of carbonyl (C=O) groups excluding carboxylic acids is 2. The summed E-state index contributed by atoms with van der Waals surface area (Å²) in [5, 5.41) is 3.33. The summed E-state index contributed by atoms with van der Waals surface area (Å²) in [6.45, 7) is -0.0804. The Morgan fingerprint density at radius 1 is 1.08 bits per heavy atom. The van der Waals surface area contributed by atoms with Crippen molar-refractivity contribution in [3.8, 4) is 5.75 Å². The highest BCUT2D eigenvalue weighted by atomic mass is 35.5. The van der Waals surface area contributed by atoms with Gasteiger partial charge in [-0.15, -0.1) is 0 Å². The molecule has 2 aromatic rings. The molecule has 2 rings (SSSR count). The van der Waals surface area contributed by atoms with Crippen LogP contribution in [0.3, 0.4) is 0 Å². The van der Waals surface area contributed by atoms with Crippen LogP contribution in [0.2, 0.25) is 10.0 Å². The number of rotatable bonds is 7. The minimum absolute atomic E-state index is 0.0804. The number of nitrogens with zero attached hydrogens (tertiary/aromatic N) is 1. The van der Waals surface area contributed by atoms with Crippen LogP contribution >= 0.6 is 23.2 Å². The molecule has 0 radical (unpaired) electrons. The van der Waals surface area contributed by atoms with Crippen LogP contribution in [-0.4, -0.2) is 37.4 Å². The summed E-state index contributed by atoms with van der Waals surface area (Å²) < 4.78 is 5.10. The first-order valence-electron chi connectivity index (χ1n) is 8.01. The standard InChI is InChI=1S/C19H20Cl2N2O3/c1-23(12-17(24)22-19-15(20)4-3-5-16(19)21)18(25)11-8-13-6-9-14(26-2)10-7-13/h3-7,9-10H,8,11-12H2,1-2H3,(H,22,24). The minimum atomic E-state index is -0.361. The fourth-order valence-corrected chi connectivity index (χ4v) is 2.83. The van der Waals surface area contributed by atoms with Gasteiger partial charge in [0.1, 0.15) is 5.75 Å². The van der Waals surface area contributed by atoms with E-state index in [1.165, 1.54) is 4.90 Å². The molecule has 138 valence electrons. The van der Waals surface area contributed by atoms with Gasteiger partial charge in [0.15, 0.2) is 0 Å². The van der Waals surface area contributed by atoms with E-state index in [-0.39, 0.29) is 18.4 Å². The predicted molar refractivity (Wildman–Crippen MR) is 104 cm³/mol. The lowest BCUT2D eigenvalue weighted by atomic mass is 10.1. The average molecular weight is 395 g/mol. The molecular formula is C19H20Cl2N2O3. The molecule has 0 unspecified atom stereocenters. The maximum Gasteiger partial charge on any atom is 0.244 e. The predicted octanol–water partition coefficient (Wildman–Crippen LogP) is 4.03. The van der Waals surface area contributed by atoms with E-state index in [9.17, 15) is 9.59 Å². The molecular weight excluding hydrogens is 375 g/mol. The van der Waals surface area contributed by atoms with E-state index in [0.29, 0.717) is 28.6 Å². The lowest BCUT2D eigenvalue weighted by Crippen LogP contribution is -2.35. The summed E-state index contributed by atoms with van der Waals surface area (Å²) in [6.07, 6.45) is 0.897. The summed E-state index contributed by atoms with van der Waals surface area (Å²) in [5.41, 5.74) is 1.37. The van der Waals surface area contributed by atoms with E-state index in [2.05, 4.69) is 5.32 Å². The number of methoxy groups -OCH3 is 1. The number of hydrogen-bond acceptors (Lipinski definition) is 3. The molecule has 0 bridgehead atoms. The van der Waals surface area contributed by atoms with Crippen molar-refractivity contribution in [2.75, 3.05) is 26.0 Å².